The first kappa shape index (κ1) is 12.9. The average Bonchev–Trinajstić information content (AvgIpc) is 3.07. The second kappa shape index (κ2) is 4.61. The number of hydrogen-bond acceptors (Lipinski definition) is 3. The smallest absolute Gasteiger partial charge is 0.157 e. The summed E-state index contributed by atoms with van der Waals surface area (Å²) in [5, 5.41) is 0.780. The highest BCUT2D eigenvalue weighted by molar-refractivity contribution is 9.09. The van der Waals surface area contributed by atoms with Crippen molar-refractivity contribution in [3.8, 4) is 5.75 Å². The van der Waals surface area contributed by atoms with E-state index in [4.69, 9.17) is 4.74 Å². The van der Waals surface area contributed by atoms with Crippen LogP contribution >= 0.6 is 15.9 Å². The minimum Gasteiger partial charge on any atom is -0.493 e. The molecule has 2 rings (SSSR count). The maximum Gasteiger partial charge on any atom is 0.157 e. The molecule has 0 amide bonds. The van der Waals surface area contributed by atoms with Crippen molar-refractivity contribution in [1.29, 1.82) is 0 Å². The minimum absolute atomic E-state index is 0.608. The molecule has 1 saturated carbocycles. The van der Waals surface area contributed by atoms with Gasteiger partial charge in [0.2, 0.25) is 0 Å². The third-order valence-electron chi connectivity index (χ3n) is 3.14. The fourth-order valence-electron chi connectivity index (χ4n) is 2.00. The first-order valence-electron chi connectivity index (χ1n) is 5.48. The van der Waals surface area contributed by atoms with E-state index in [1.807, 2.05) is 24.3 Å². The summed E-state index contributed by atoms with van der Waals surface area (Å²) in [4.78, 5) is 0. The molecule has 0 atom stereocenters. The summed E-state index contributed by atoms with van der Waals surface area (Å²) in [5.41, 5.74) is 0.881. The predicted octanol–water partition coefficient (Wildman–Crippen LogP) is 2.49. The van der Waals surface area contributed by atoms with E-state index in [1.165, 1.54) is 6.26 Å². The standard InChI is InChI=1S/C12H15BrO3S/c1-17(14,15)12(6-7-12)10-2-4-11(5-3-10)16-9-8-13/h2-5H,6-9H2,1H3. The second-order valence-electron chi connectivity index (χ2n) is 4.33. The number of benzene rings is 1. The van der Waals surface area contributed by atoms with E-state index < -0.39 is 14.6 Å². The van der Waals surface area contributed by atoms with E-state index >= 15 is 0 Å². The van der Waals surface area contributed by atoms with Crippen LogP contribution in [0, 0.1) is 0 Å². The van der Waals surface area contributed by atoms with E-state index in [-0.39, 0.29) is 0 Å². The van der Waals surface area contributed by atoms with Crippen LogP contribution in [0.25, 0.3) is 0 Å². The number of hydrogen-bond donors (Lipinski definition) is 0. The van der Waals surface area contributed by atoms with Gasteiger partial charge in [-0.25, -0.2) is 8.42 Å². The van der Waals surface area contributed by atoms with Crippen LogP contribution < -0.4 is 4.74 Å². The zero-order valence-electron chi connectivity index (χ0n) is 9.65. The molecule has 3 nitrogen and oxygen atoms in total. The molecular formula is C12H15BrO3S. The molecule has 0 bridgehead atoms. The van der Waals surface area contributed by atoms with Gasteiger partial charge in [-0.1, -0.05) is 28.1 Å². The Hall–Kier alpha value is -0.550. The molecule has 94 valence electrons. The Morgan fingerprint density at radius 2 is 1.88 bits per heavy atom. The van der Waals surface area contributed by atoms with Crippen molar-refractivity contribution in [1.82, 2.24) is 0 Å². The highest BCUT2D eigenvalue weighted by Crippen LogP contribution is 2.52. The van der Waals surface area contributed by atoms with Crippen molar-refractivity contribution in [2.24, 2.45) is 0 Å². The average molecular weight is 319 g/mol. The molecule has 5 heteroatoms. The number of rotatable bonds is 5. The lowest BCUT2D eigenvalue weighted by molar-refractivity contribution is 0.345. The van der Waals surface area contributed by atoms with Gasteiger partial charge >= 0.3 is 0 Å². The van der Waals surface area contributed by atoms with Crippen LogP contribution in [0.15, 0.2) is 24.3 Å². The summed E-state index contributed by atoms with van der Waals surface area (Å²) in [5.74, 6) is 0.775. The molecular weight excluding hydrogens is 304 g/mol. The largest absolute Gasteiger partial charge is 0.493 e. The molecule has 0 aromatic heterocycles. The minimum atomic E-state index is -3.02. The van der Waals surface area contributed by atoms with Crippen LogP contribution in [-0.2, 0) is 14.6 Å². The molecule has 1 aromatic rings. The van der Waals surface area contributed by atoms with Crippen LogP contribution in [0.3, 0.4) is 0 Å². The molecule has 1 aromatic carbocycles. The van der Waals surface area contributed by atoms with E-state index in [2.05, 4.69) is 15.9 Å². The fourth-order valence-corrected chi connectivity index (χ4v) is 3.57. The van der Waals surface area contributed by atoms with Crippen molar-refractivity contribution in [2.45, 2.75) is 17.6 Å². The topological polar surface area (TPSA) is 43.4 Å². The molecule has 0 radical (unpaired) electrons. The lowest BCUT2D eigenvalue weighted by Crippen LogP contribution is -2.19. The van der Waals surface area contributed by atoms with Crippen LogP contribution in [-0.4, -0.2) is 26.6 Å². The highest BCUT2D eigenvalue weighted by atomic mass is 79.9. The molecule has 0 spiro atoms. The monoisotopic (exact) mass is 318 g/mol. The Morgan fingerprint density at radius 3 is 2.29 bits per heavy atom. The van der Waals surface area contributed by atoms with Gasteiger partial charge < -0.3 is 4.74 Å². The van der Waals surface area contributed by atoms with Crippen molar-refractivity contribution in [3.63, 3.8) is 0 Å². The second-order valence-corrected chi connectivity index (χ2v) is 7.45. The summed E-state index contributed by atoms with van der Waals surface area (Å²) in [6, 6.07) is 7.39. The normalized spacial score (nSPS) is 17.8. The Labute approximate surface area is 110 Å². The summed E-state index contributed by atoms with van der Waals surface area (Å²) in [6.45, 7) is 0.608. The predicted molar refractivity (Wildman–Crippen MR) is 71.5 cm³/mol. The number of ether oxygens (including phenoxy) is 1. The zero-order chi connectivity index (χ0) is 12.5. The van der Waals surface area contributed by atoms with Gasteiger partial charge in [0, 0.05) is 11.6 Å². The van der Waals surface area contributed by atoms with Gasteiger partial charge in [-0.15, -0.1) is 0 Å². The lowest BCUT2D eigenvalue weighted by atomic mass is 10.1. The lowest BCUT2D eigenvalue weighted by Gasteiger charge is -2.14. The third kappa shape index (κ3) is 2.50. The van der Waals surface area contributed by atoms with Gasteiger partial charge in [-0.3, -0.25) is 0 Å². The van der Waals surface area contributed by atoms with Crippen molar-refractivity contribution >= 4 is 25.8 Å². The molecule has 0 N–H and O–H groups in total. The summed E-state index contributed by atoms with van der Waals surface area (Å²) in [7, 11) is -3.02. The van der Waals surface area contributed by atoms with Gasteiger partial charge in [-0.05, 0) is 30.5 Å². The molecule has 0 saturated heterocycles. The number of sulfone groups is 1. The molecule has 1 fully saturated rings. The van der Waals surface area contributed by atoms with Crippen LogP contribution in [0.1, 0.15) is 18.4 Å². The molecule has 1 aliphatic rings. The first-order chi connectivity index (χ1) is 7.99. The first-order valence-corrected chi connectivity index (χ1v) is 8.50. The molecule has 0 unspecified atom stereocenters. The molecule has 0 heterocycles. The Kier molecular flexibility index (Phi) is 3.50. The Morgan fingerprint density at radius 1 is 1.29 bits per heavy atom. The van der Waals surface area contributed by atoms with Crippen molar-refractivity contribution in [3.05, 3.63) is 29.8 Å². The van der Waals surface area contributed by atoms with Gasteiger partial charge in [0.1, 0.15) is 5.75 Å². The highest BCUT2D eigenvalue weighted by Gasteiger charge is 2.53. The van der Waals surface area contributed by atoms with Crippen LogP contribution in [0.2, 0.25) is 0 Å². The maximum atomic E-state index is 11.7. The Bertz CT molecular complexity index is 489. The molecule has 17 heavy (non-hydrogen) atoms. The fraction of sp³-hybridized carbons (Fsp3) is 0.500. The van der Waals surface area contributed by atoms with E-state index in [1.54, 1.807) is 0 Å². The molecule has 0 aliphatic heterocycles. The van der Waals surface area contributed by atoms with Gasteiger partial charge in [-0.2, -0.15) is 0 Å². The van der Waals surface area contributed by atoms with Crippen LogP contribution in [0.4, 0.5) is 0 Å². The molecule has 1 aliphatic carbocycles. The van der Waals surface area contributed by atoms with E-state index in [9.17, 15) is 8.42 Å². The quantitative estimate of drug-likeness (QED) is 0.783. The zero-order valence-corrected chi connectivity index (χ0v) is 12.1. The van der Waals surface area contributed by atoms with Crippen LogP contribution in [0.5, 0.6) is 5.75 Å². The van der Waals surface area contributed by atoms with E-state index in [0.717, 1.165) is 29.5 Å². The summed E-state index contributed by atoms with van der Waals surface area (Å²) in [6.07, 6.45) is 2.77. The summed E-state index contributed by atoms with van der Waals surface area (Å²) >= 11 is 3.28. The van der Waals surface area contributed by atoms with E-state index in [0.29, 0.717) is 6.61 Å². The van der Waals surface area contributed by atoms with Crippen molar-refractivity contribution in [2.75, 3.05) is 18.2 Å². The van der Waals surface area contributed by atoms with Gasteiger partial charge in [0.05, 0.1) is 11.4 Å². The van der Waals surface area contributed by atoms with Gasteiger partial charge in [0.25, 0.3) is 0 Å². The van der Waals surface area contributed by atoms with Gasteiger partial charge in [0.15, 0.2) is 9.84 Å². The number of halogens is 1. The SMILES string of the molecule is CS(=O)(=O)C1(c2ccc(OCCBr)cc2)CC1. The maximum absolute atomic E-state index is 11.7. The third-order valence-corrected chi connectivity index (χ3v) is 5.53. The van der Waals surface area contributed by atoms with Crippen molar-refractivity contribution < 1.29 is 13.2 Å². The number of alkyl halides is 1. The Balaban J connectivity index is 2.19. The summed E-state index contributed by atoms with van der Waals surface area (Å²) < 4.78 is 28.3.